The van der Waals surface area contributed by atoms with Crippen molar-refractivity contribution in [1.82, 2.24) is 0 Å². The highest BCUT2D eigenvalue weighted by molar-refractivity contribution is 5.40. The van der Waals surface area contributed by atoms with Gasteiger partial charge < -0.3 is 10.5 Å². The van der Waals surface area contributed by atoms with Gasteiger partial charge in [0.05, 0.1) is 11.6 Å². The van der Waals surface area contributed by atoms with Crippen LogP contribution in [0.2, 0.25) is 0 Å². The van der Waals surface area contributed by atoms with Gasteiger partial charge in [0, 0.05) is 5.69 Å². The molecule has 0 heterocycles. The normalized spacial score (nSPS) is 11.6. The number of nitrogens with zero attached hydrogens (tertiary/aromatic N) is 1. The summed E-state index contributed by atoms with van der Waals surface area (Å²) < 4.78 is 5.79. The maximum Gasteiger partial charge on any atom is 0.121 e. The number of benzene rings is 2. The number of anilines is 1. The molecule has 0 aliphatic heterocycles. The van der Waals surface area contributed by atoms with Gasteiger partial charge in [0.15, 0.2) is 0 Å². The first-order chi connectivity index (χ1) is 8.69. The molecule has 2 rings (SSSR count). The maximum atomic E-state index is 8.71. The standard InChI is InChI=1S/C15H14N2O/c1-11(13-4-6-14(17)7-5-13)18-15-8-2-12(10-16)3-9-15/h2-9,11H,17H2,1H3. The van der Waals surface area contributed by atoms with Crippen molar-refractivity contribution in [3.63, 3.8) is 0 Å². The topological polar surface area (TPSA) is 59.0 Å². The van der Waals surface area contributed by atoms with Crippen LogP contribution in [0.5, 0.6) is 5.75 Å². The molecule has 3 heteroatoms. The lowest BCUT2D eigenvalue weighted by Crippen LogP contribution is -2.03. The number of hydrogen-bond acceptors (Lipinski definition) is 3. The highest BCUT2D eigenvalue weighted by Gasteiger charge is 2.06. The van der Waals surface area contributed by atoms with Gasteiger partial charge in [-0.05, 0) is 48.9 Å². The number of ether oxygens (including phenoxy) is 1. The molecule has 0 bridgehead atoms. The van der Waals surface area contributed by atoms with Crippen molar-refractivity contribution in [3.8, 4) is 11.8 Å². The Balaban J connectivity index is 2.08. The highest BCUT2D eigenvalue weighted by atomic mass is 16.5. The van der Waals surface area contributed by atoms with Crippen LogP contribution in [0.15, 0.2) is 48.5 Å². The first-order valence-electron chi connectivity index (χ1n) is 5.71. The van der Waals surface area contributed by atoms with E-state index in [-0.39, 0.29) is 6.10 Å². The minimum absolute atomic E-state index is 0.0569. The molecule has 0 aliphatic carbocycles. The van der Waals surface area contributed by atoms with Crippen molar-refractivity contribution in [2.75, 3.05) is 5.73 Å². The van der Waals surface area contributed by atoms with Gasteiger partial charge in [-0.3, -0.25) is 0 Å². The van der Waals surface area contributed by atoms with Gasteiger partial charge >= 0.3 is 0 Å². The summed E-state index contributed by atoms with van der Waals surface area (Å²) in [7, 11) is 0. The third kappa shape index (κ3) is 2.80. The van der Waals surface area contributed by atoms with Crippen molar-refractivity contribution in [3.05, 3.63) is 59.7 Å². The lowest BCUT2D eigenvalue weighted by molar-refractivity contribution is 0.227. The summed E-state index contributed by atoms with van der Waals surface area (Å²) in [6.07, 6.45) is -0.0569. The number of hydrogen-bond donors (Lipinski definition) is 1. The van der Waals surface area contributed by atoms with Crippen molar-refractivity contribution < 1.29 is 4.74 Å². The zero-order chi connectivity index (χ0) is 13.0. The number of rotatable bonds is 3. The highest BCUT2D eigenvalue weighted by Crippen LogP contribution is 2.22. The second kappa shape index (κ2) is 5.24. The van der Waals surface area contributed by atoms with Crippen LogP contribution >= 0.6 is 0 Å². The molecule has 0 amide bonds. The molecule has 0 spiro atoms. The quantitative estimate of drug-likeness (QED) is 0.835. The molecule has 2 N–H and O–H groups in total. The Morgan fingerprint density at radius 3 is 2.22 bits per heavy atom. The molecule has 3 nitrogen and oxygen atoms in total. The molecule has 0 saturated carbocycles. The van der Waals surface area contributed by atoms with E-state index in [0.29, 0.717) is 5.56 Å². The van der Waals surface area contributed by atoms with E-state index in [4.69, 9.17) is 15.7 Å². The molecule has 1 unspecified atom stereocenters. The van der Waals surface area contributed by atoms with Crippen molar-refractivity contribution >= 4 is 5.69 Å². The maximum absolute atomic E-state index is 8.71. The SMILES string of the molecule is CC(Oc1ccc(C#N)cc1)c1ccc(N)cc1. The Hall–Kier alpha value is -2.47. The van der Waals surface area contributed by atoms with Gasteiger partial charge in [0.25, 0.3) is 0 Å². The molecular weight excluding hydrogens is 224 g/mol. The summed E-state index contributed by atoms with van der Waals surface area (Å²) in [5.41, 5.74) is 8.07. The summed E-state index contributed by atoms with van der Waals surface area (Å²) in [5.74, 6) is 0.748. The van der Waals surface area contributed by atoms with Crippen molar-refractivity contribution in [1.29, 1.82) is 5.26 Å². The molecule has 2 aromatic carbocycles. The molecule has 0 saturated heterocycles. The van der Waals surface area contributed by atoms with Crippen LogP contribution in [-0.2, 0) is 0 Å². The molecule has 0 fully saturated rings. The molecular formula is C15H14N2O. The van der Waals surface area contributed by atoms with Crippen LogP contribution < -0.4 is 10.5 Å². The van der Waals surface area contributed by atoms with Gasteiger partial charge in [0.1, 0.15) is 11.9 Å². The van der Waals surface area contributed by atoms with E-state index < -0.39 is 0 Å². The average molecular weight is 238 g/mol. The summed E-state index contributed by atoms with van der Waals surface area (Å²) in [6, 6.07) is 16.8. The van der Waals surface area contributed by atoms with E-state index in [0.717, 1.165) is 17.0 Å². The smallest absolute Gasteiger partial charge is 0.121 e. The van der Waals surface area contributed by atoms with Crippen molar-refractivity contribution in [2.45, 2.75) is 13.0 Å². The lowest BCUT2D eigenvalue weighted by atomic mass is 10.1. The molecule has 90 valence electrons. The Labute approximate surface area is 106 Å². The van der Waals surface area contributed by atoms with Crippen molar-refractivity contribution in [2.24, 2.45) is 0 Å². The van der Waals surface area contributed by atoms with Gasteiger partial charge in [-0.25, -0.2) is 0 Å². The first kappa shape index (κ1) is 12.0. The Kier molecular flexibility index (Phi) is 3.49. The predicted octanol–water partition coefficient (Wildman–Crippen LogP) is 3.28. The van der Waals surface area contributed by atoms with E-state index in [9.17, 15) is 0 Å². The van der Waals surface area contributed by atoms with Gasteiger partial charge in [0.2, 0.25) is 0 Å². The monoisotopic (exact) mass is 238 g/mol. The van der Waals surface area contributed by atoms with E-state index in [1.165, 1.54) is 0 Å². The predicted molar refractivity (Wildman–Crippen MR) is 71.1 cm³/mol. The first-order valence-corrected chi connectivity index (χ1v) is 5.71. The van der Waals surface area contributed by atoms with E-state index in [1.807, 2.05) is 31.2 Å². The number of nitrogens with two attached hydrogens (primary N) is 1. The van der Waals surface area contributed by atoms with Crippen LogP contribution in [0.25, 0.3) is 0 Å². The van der Waals surface area contributed by atoms with E-state index in [2.05, 4.69) is 6.07 Å². The van der Waals surface area contributed by atoms with Gasteiger partial charge in [-0.15, -0.1) is 0 Å². The number of nitriles is 1. The van der Waals surface area contributed by atoms with Crippen LogP contribution in [-0.4, -0.2) is 0 Å². The zero-order valence-corrected chi connectivity index (χ0v) is 10.1. The molecule has 0 aromatic heterocycles. The van der Waals surface area contributed by atoms with Crippen LogP contribution in [0.3, 0.4) is 0 Å². The largest absolute Gasteiger partial charge is 0.486 e. The number of nitrogen functional groups attached to an aromatic ring is 1. The summed E-state index contributed by atoms with van der Waals surface area (Å²) in [5, 5.41) is 8.71. The van der Waals surface area contributed by atoms with Crippen LogP contribution in [0.1, 0.15) is 24.2 Å². The fraction of sp³-hybridized carbons (Fsp3) is 0.133. The van der Waals surface area contributed by atoms with Gasteiger partial charge in [-0.1, -0.05) is 12.1 Å². The second-order valence-corrected chi connectivity index (χ2v) is 4.06. The Bertz CT molecular complexity index is 553. The Morgan fingerprint density at radius 1 is 1.06 bits per heavy atom. The fourth-order valence-electron chi connectivity index (χ4n) is 1.65. The van der Waals surface area contributed by atoms with Crippen LogP contribution in [0.4, 0.5) is 5.69 Å². The minimum atomic E-state index is -0.0569. The molecule has 18 heavy (non-hydrogen) atoms. The average Bonchev–Trinajstić information content (AvgIpc) is 2.40. The summed E-state index contributed by atoms with van der Waals surface area (Å²) >= 11 is 0. The third-order valence-electron chi connectivity index (χ3n) is 2.70. The second-order valence-electron chi connectivity index (χ2n) is 4.06. The summed E-state index contributed by atoms with van der Waals surface area (Å²) in [4.78, 5) is 0. The zero-order valence-electron chi connectivity index (χ0n) is 10.1. The summed E-state index contributed by atoms with van der Waals surface area (Å²) in [6.45, 7) is 1.98. The molecule has 2 aromatic rings. The lowest BCUT2D eigenvalue weighted by Gasteiger charge is -2.15. The molecule has 0 aliphatic rings. The molecule has 1 atom stereocenters. The minimum Gasteiger partial charge on any atom is -0.486 e. The van der Waals surface area contributed by atoms with Crippen LogP contribution in [0, 0.1) is 11.3 Å². The molecule has 0 radical (unpaired) electrons. The van der Waals surface area contributed by atoms with Gasteiger partial charge in [-0.2, -0.15) is 5.26 Å². The fourth-order valence-corrected chi connectivity index (χ4v) is 1.65. The third-order valence-corrected chi connectivity index (χ3v) is 2.70. The Morgan fingerprint density at radius 2 is 1.67 bits per heavy atom. The van der Waals surface area contributed by atoms with E-state index in [1.54, 1.807) is 24.3 Å². The van der Waals surface area contributed by atoms with E-state index >= 15 is 0 Å².